The topological polar surface area (TPSA) is 114 Å². The zero-order chi connectivity index (χ0) is 23.7. The molecule has 1 aliphatic rings. The summed E-state index contributed by atoms with van der Waals surface area (Å²) in [7, 11) is 1.33. The molecular formula is C23H33N3O5S. The third-order valence-corrected chi connectivity index (χ3v) is 6.24. The lowest BCUT2D eigenvalue weighted by atomic mass is 9.92. The molecule has 176 valence electrons. The van der Waals surface area contributed by atoms with E-state index in [1.165, 1.54) is 7.11 Å². The van der Waals surface area contributed by atoms with Crippen LogP contribution in [0.5, 0.6) is 0 Å². The molecule has 0 fully saturated rings. The van der Waals surface area contributed by atoms with E-state index in [4.69, 9.17) is 4.74 Å². The summed E-state index contributed by atoms with van der Waals surface area (Å²) >= 11 is 1.54. The minimum absolute atomic E-state index is 0.132. The van der Waals surface area contributed by atoms with Crippen LogP contribution in [0.1, 0.15) is 37.8 Å². The molecule has 0 bridgehead atoms. The molecule has 0 spiro atoms. The Morgan fingerprint density at radius 1 is 1.12 bits per heavy atom. The molecule has 0 saturated carbocycles. The van der Waals surface area contributed by atoms with Gasteiger partial charge in [-0.05, 0) is 41.9 Å². The molecule has 1 aromatic carbocycles. The first-order valence-electron chi connectivity index (χ1n) is 10.7. The number of carbonyl (C=O) groups excluding carboxylic acids is 4. The lowest BCUT2D eigenvalue weighted by Crippen LogP contribution is -2.62. The number of methoxy groups -OCH3 is 1. The van der Waals surface area contributed by atoms with Crippen LogP contribution in [0.4, 0.5) is 0 Å². The van der Waals surface area contributed by atoms with E-state index >= 15 is 0 Å². The summed E-state index contributed by atoms with van der Waals surface area (Å²) in [5.74, 6) is -0.739. The van der Waals surface area contributed by atoms with Gasteiger partial charge in [0.15, 0.2) is 0 Å². The second-order valence-corrected chi connectivity index (χ2v) is 9.48. The van der Waals surface area contributed by atoms with Crippen LogP contribution < -0.4 is 16.0 Å². The van der Waals surface area contributed by atoms with Crippen LogP contribution in [0.15, 0.2) is 24.3 Å². The van der Waals surface area contributed by atoms with Crippen LogP contribution in [-0.4, -0.2) is 60.9 Å². The number of hydrogen-bond acceptors (Lipinski definition) is 7. The highest BCUT2D eigenvalue weighted by atomic mass is 32.2. The molecule has 1 aliphatic carbocycles. The predicted octanol–water partition coefficient (Wildman–Crippen LogP) is 1.21. The number of carbonyl (C=O) groups is 4. The molecule has 8 nitrogen and oxygen atoms in total. The van der Waals surface area contributed by atoms with Gasteiger partial charge in [0.25, 0.3) is 0 Å². The first kappa shape index (κ1) is 25.9. The van der Waals surface area contributed by atoms with Gasteiger partial charge in [0.05, 0.1) is 13.2 Å². The Hall–Kier alpha value is -2.39. The highest BCUT2D eigenvalue weighted by Crippen LogP contribution is 2.32. The summed E-state index contributed by atoms with van der Waals surface area (Å²) in [6, 6.07) is 6.17. The zero-order valence-corrected chi connectivity index (χ0v) is 19.9. The largest absolute Gasteiger partial charge is 0.468 e. The van der Waals surface area contributed by atoms with Crippen molar-refractivity contribution < 1.29 is 23.9 Å². The molecule has 0 radical (unpaired) electrons. The average molecular weight is 464 g/mol. The van der Waals surface area contributed by atoms with Gasteiger partial charge in [-0.1, -0.05) is 38.1 Å². The van der Waals surface area contributed by atoms with Gasteiger partial charge in [0, 0.05) is 12.8 Å². The fraction of sp³-hybridized carbons (Fsp3) is 0.565. The number of fused-ring (bicyclic) bond motifs is 1. The minimum Gasteiger partial charge on any atom is -0.468 e. The Bertz CT molecular complexity index is 805. The third kappa shape index (κ3) is 6.56. The molecule has 0 unspecified atom stereocenters. The number of thioether (sulfide) groups is 1. The lowest BCUT2D eigenvalue weighted by Gasteiger charge is -2.32. The second kappa shape index (κ2) is 12.0. The van der Waals surface area contributed by atoms with Gasteiger partial charge in [-0.2, -0.15) is 11.8 Å². The van der Waals surface area contributed by atoms with Crippen LogP contribution in [0.2, 0.25) is 0 Å². The highest BCUT2D eigenvalue weighted by Gasteiger charge is 2.47. The molecule has 3 N–H and O–H groups in total. The third-order valence-electron chi connectivity index (χ3n) is 5.60. The highest BCUT2D eigenvalue weighted by molar-refractivity contribution is 7.98. The standard InChI is InChI=1S/C23H33N3O5S/c1-15(2)11-19(21(29)25-20(28)18(24-14-27)9-10-32-4)26-23(22(30)31-3)12-16-7-5-6-8-17(16)13-23/h5-8,14-15,18-19,26H,9-13H2,1-4H3,(H,24,27)(H,25,28,29)/t18-,19-/m0/s1. The number of rotatable bonds is 12. The van der Waals surface area contributed by atoms with Crippen molar-refractivity contribution in [3.8, 4) is 0 Å². The van der Waals surface area contributed by atoms with Crippen molar-refractivity contribution in [2.75, 3.05) is 19.1 Å². The van der Waals surface area contributed by atoms with E-state index in [0.717, 1.165) is 11.1 Å². The van der Waals surface area contributed by atoms with Crippen molar-refractivity contribution >= 4 is 36.0 Å². The van der Waals surface area contributed by atoms with Crippen LogP contribution in [-0.2, 0) is 36.8 Å². The van der Waals surface area contributed by atoms with Crippen LogP contribution >= 0.6 is 11.8 Å². The van der Waals surface area contributed by atoms with E-state index in [2.05, 4.69) is 16.0 Å². The second-order valence-electron chi connectivity index (χ2n) is 8.49. The fourth-order valence-electron chi connectivity index (χ4n) is 4.06. The Morgan fingerprint density at radius 3 is 2.22 bits per heavy atom. The summed E-state index contributed by atoms with van der Waals surface area (Å²) in [6.45, 7) is 3.93. The quantitative estimate of drug-likeness (QED) is 0.315. The average Bonchev–Trinajstić information content (AvgIpc) is 3.14. The zero-order valence-electron chi connectivity index (χ0n) is 19.1. The van der Waals surface area contributed by atoms with E-state index in [1.54, 1.807) is 11.8 Å². The molecule has 0 aromatic heterocycles. The maximum Gasteiger partial charge on any atom is 0.326 e. The summed E-state index contributed by atoms with van der Waals surface area (Å²) in [4.78, 5) is 49.5. The number of hydrogen-bond donors (Lipinski definition) is 3. The van der Waals surface area contributed by atoms with Crippen molar-refractivity contribution in [2.45, 2.75) is 57.2 Å². The maximum absolute atomic E-state index is 13.1. The molecular weight excluding hydrogens is 430 g/mol. The number of imide groups is 1. The Morgan fingerprint density at radius 2 is 1.72 bits per heavy atom. The van der Waals surface area contributed by atoms with Gasteiger partial charge in [-0.25, -0.2) is 0 Å². The maximum atomic E-state index is 13.1. The SMILES string of the molecule is COC(=O)C1(N[C@@H](CC(C)C)C(=O)NC(=O)[C@H](CCSC)NC=O)Cc2ccccc2C1. The van der Waals surface area contributed by atoms with Crippen molar-refractivity contribution in [1.29, 1.82) is 0 Å². The summed E-state index contributed by atoms with van der Waals surface area (Å²) in [5.41, 5.74) is 0.965. The number of amides is 3. The number of esters is 1. The minimum atomic E-state index is -1.09. The molecule has 0 aliphatic heterocycles. The van der Waals surface area contributed by atoms with E-state index < -0.39 is 35.4 Å². The first-order valence-corrected chi connectivity index (χ1v) is 12.1. The van der Waals surface area contributed by atoms with Crippen LogP contribution in [0.25, 0.3) is 0 Å². The van der Waals surface area contributed by atoms with Crippen molar-refractivity contribution in [1.82, 2.24) is 16.0 Å². The molecule has 0 saturated heterocycles. The Kier molecular flexibility index (Phi) is 9.71. The van der Waals surface area contributed by atoms with Gasteiger partial charge in [0.1, 0.15) is 11.6 Å². The van der Waals surface area contributed by atoms with Crippen LogP contribution in [0.3, 0.4) is 0 Å². The molecule has 3 amide bonds. The van der Waals surface area contributed by atoms with Gasteiger partial charge >= 0.3 is 5.97 Å². The molecule has 9 heteroatoms. The number of ether oxygens (including phenoxy) is 1. The normalized spacial score (nSPS) is 16.0. The van der Waals surface area contributed by atoms with Crippen molar-refractivity contribution in [3.63, 3.8) is 0 Å². The summed E-state index contributed by atoms with van der Waals surface area (Å²) < 4.78 is 5.10. The Labute approximate surface area is 193 Å². The van der Waals surface area contributed by atoms with Crippen molar-refractivity contribution in [3.05, 3.63) is 35.4 Å². The predicted molar refractivity (Wildman–Crippen MR) is 124 cm³/mol. The lowest BCUT2D eigenvalue weighted by molar-refractivity contribution is -0.149. The van der Waals surface area contributed by atoms with Crippen LogP contribution in [0, 0.1) is 5.92 Å². The van der Waals surface area contributed by atoms with Gasteiger partial charge in [-0.3, -0.25) is 29.8 Å². The van der Waals surface area contributed by atoms with Gasteiger partial charge < -0.3 is 10.1 Å². The summed E-state index contributed by atoms with van der Waals surface area (Å²) in [5, 5.41) is 8.14. The Balaban J connectivity index is 2.22. The van der Waals surface area contributed by atoms with E-state index in [9.17, 15) is 19.2 Å². The number of nitrogens with one attached hydrogen (secondary N) is 3. The molecule has 2 atom stereocenters. The van der Waals surface area contributed by atoms with E-state index in [1.807, 2.05) is 44.4 Å². The van der Waals surface area contributed by atoms with Gasteiger partial charge in [-0.15, -0.1) is 0 Å². The fourth-order valence-corrected chi connectivity index (χ4v) is 4.53. The van der Waals surface area contributed by atoms with Crippen molar-refractivity contribution in [2.24, 2.45) is 5.92 Å². The molecule has 2 rings (SSSR count). The van der Waals surface area contributed by atoms with Gasteiger partial charge in [0.2, 0.25) is 18.2 Å². The first-order chi connectivity index (χ1) is 15.3. The smallest absolute Gasteiger partial charge is 0.326 e. The molecule has 32 heavy (non-hydrogen) atoms. The van der Waals surface area contributed by atoms with E-state index in [0.29, 0.717) is 37.8 Å². The van der Waals surface area contributed by atoms with E-state index in [-0.39, 0.29) is 5.92 Å². The monoisotopic (exact) mass is 463 g/mol. The summed E-state index contributed by atoms with van der Waals surface area (Å²) in [6.07, 6.45) is 3.98. The number of benzene rings is 1. The molecule has 0 heterocycles. The molecule has 1 aromatic rings.